The Hall–Kier alpha value is -1.53. The fourth-order valence-corrected chi connectivity index (χ4v) is 3.16. The Labute approximate surface area is 129 Å². The van der Waals surface area contributed by atoms with E-state index in [2.05, 4.69) is 36.3 Å². The second-order valence-corrected chi connectivity index (χ2v) is 6.21. The van der Waals surface area contributed by atoms with E-state index in [1.165, 1.54) is 37.7 Å². The Kier molecular flexibility index (Phi) is 6.07. The molecule has 0 radical (unpaired) electrons. The quantitative estimate of drug-likeness (QED) is 0.805. The zero-order chi connectivity index (χ0) is 15.1. The van der Waals surface area contributed by atoms with E-state index >= 15 is 0 Å². The van der Waals surface area contributed by atoms with E-state index in [0.717, 1.165) is 36.8 Å². The highest BCUT2D eigenvalue weighted by molar-refractivity contribution is 5.58. The van der Waals surface area contributed by atoms with Gasteiger partial charge >= 0.3 is 0 Å². The minimum Gasteiger partial charge on any atom is -0.384 e. The molecule has 1 N–H and O–H groups in total. The molecule has 0 unspecified atom stereocenters. The Bertz CT molecular complexity index is 484. The van der Waals surface area contributed by atoms with E-state index in [0.29, 0.717) is 0 Å². The summed E-state index contributed by atoms with van der Waals surface area (Å²) in [5, 5.41) is 12.5. The molecular weight excluding hydrogens is 258 g/mol. The van der Waals surface area contributed by atoms with Crippen LogP contribution in [-0.2, 0) is 0 Å². The molecule has 0 bridgehead atoms. The van der Waals surface area contributed by atoms with Crippen molar-refractivity contribution in [3.63, 3.8) is 0 Å². The smallest absolute Gasteiger partial charge is 0.101 e. The first-order valence-electron chi connectivity index (χ1n) is 8.15. The summed E-state index contributed by atoms with van der Waals surface area (Å²) in [7, 11) is 2.25. The molecule has 0 spiro atoms. The number of aryl methyl sites for hydroxylation is 1. The Balaban J connectivity index is 1.74. The molecule has 1 aliphatic rings. The molecular formula is C18H27N3. The SMILES string of the molecule is Cc1ccc(C#N)c(NCCCN(C)C2CCCCC2)c1. The second kappa shape index (κ2) is 8.05. The van der Waals surface area contributed by atoms with E-state index in [-0.39, 0.29) is 0 Å². The van der Waals surface area contributed by atoms with Crippen LogP contribution in [0.4, 0.5) is 5.69 Å². The van der Waals surface area contributed by atoms with Gasteiger partial charge in [-0.15, -0.1) is 0 Å². The molecule has 0 atom stereocenters. The van der Waals surface area contributed by atoms with Crippen LogP contribution in [-0.4, -0.2) is 31.1 Å². The van der Waals surface area contributed by atoms with Crippen molar-refractivity contribution in [2.24, 2.45) is 0 Å². The highest BCUT2D eigenvalue weighted by Gasteiger charge is 2.17. The van der Waals surface area contributed by atoms with Crippen LogP contribution < -0.4 is 5.32 Å². The van der Waals surface area contributed by atoms with Crippen LogP contribution in [0.5, 0.6) is 0 Å². The molecule has 0 amide bonds. The molecule has 21 heavy (non-hydrogen) atoms. The van der Waals surface area contributed by atoms with Crippen LogP contribution in [0.3, 0.4) is 0 Å². The van der Waals surface area contributed by atoms with Crippen molar-refractivity contribution >= 4 is 5.69 Å². The number of nitrogens with zero attached hydrogens (tertiary/aromatic N) is 2. The van der Waals surface area contributed by atoms with E-state index < -0.39 is 0 Å². The van der Waals surface area contributed by atoms with Gasteiger partial charge in [-0.3, -0.25) is 0 Å². The normalized spacial score (nSPS) is 15.9. The number of hydrogen-bond acceptors (Lipinski definition) is 3. The maximum Gasteiger partial charge on any atom is 0.101 e. The van der Waals surface area contributed by atoms with Gasteiger partial charge in [-0.2, -0.15) is 5.26 Å². The van der Waals surface area contributed by atoms with Crippen molar-refractivity contribution < 1.29 is 0 Å². The van der Waals surface area contributed by atoms with Gasteiger partial charge in [0.15, 0.2) is 0 Å². The van der Waals surface area contributed by atoms with Crippen LogP contribution in [0.15, 0.2) is 18.2 Å². The summed E-state index contributed by atoms with van der Waals surface area (Å²) in [6.45, 7) is 4.11. The molecule has 1 saturated carbocycles. The zero-order valence-electron chi connectivity index (χ0n) is 13.4. The summed E-state index contributed by atoms with van der Waals surface area (Å²) in [5.74, 6) is 0. The number of hydrogen-bond donors (Lipinski definition) is 1. The summed E-state index contributed by atoms with van der Waals surface area (Å²) < 4.78 is 0. The molecule has 1 aromatic rings. The van der Waals surface area contributed by atoms with Gasteiger partial charge in [0, 0.05) is 12.6 Å². The zero-order valence-corrected chi connectivity index (χ0v) is 13.4. The standard InChI is InChI=1S/C18H27N3/c1-15-9-10-16(14-19)18(13-15)20-11-6-12-21(2)17-7-4-3-5-8-17/h9-10,13,17,20H,3-8,11-12H2,1-2H3. The van der Waals surface area contributed by atoms with Gasteiger partial charge in [-0.1, -0.05) is 25.3 Å². The van der Waals surface area contributed by atoms with E-state index in [1.54, 1.807) is 0 Å². The first kappa shape index (κ1) is 15.9. The molecule has 1 aliphatic carbocycles. The van der Waals surface area contributed by atoms with Gasteiger partial charge in [0.2, 0.25) is 0 Å². The van der Waals surface area contributed by atoms with Crippen LogP contribution in [0.2, 0.25) is 0 Å². The predicted molar refractivity (Wildman–Crippen MR) is 88.5 cm³/mol. The number of benzene rings is 1. The monoisotopic (exact) mass is 285 g/mol. The molecule has 2 rings (SSSR count). The number of anilines is 1. The van der Waals surface area contributed by atoms with Crippen molar-refractivity contribution in [3.8, 4) is 6.07 Å². The fraction of sp³-hybridized carbons (Fsp3) is 0.611. The van der Waals surface area contributed by atoms with Gasteiger partial charge in [0.05, 0.1) is 11.3 Å². The maximum atomic E-state index is 9.13. The van der Waals surface area contributed by atoms with Crippen LogP contribution in [0.25, 0.3) is 0 Å². The highest BCUT2D eigenvalue weighted by atomic mass is 15.1. The summed E-state index contributed by atoms with van der Waals surface area (Å²) in [4.78, 5) is 2.52. The molecule has 3 heteroatoms. The van der Waals surface area contributed by atoms with Crippen molar-refractivity contribution in [2.75, 3.05) is 25.5 Å². The van der Waals surface area contributed by atoms with E-state index in [9.17, 15) is 0 Å². The number of nitriles is 1. The van der Waals surface area contributed by atoms with Crippen LogP contribution >= 0.6 is 0 Å². The first-order valence-corrected chi connectivity index (χ1v) is 8.15. The van der Waals surface area contributed by atoms with Crippen molar-refractivity contribution in [2.45, 2.75) is 51.5 Å². The highest BCUT2D eigenvalue weighted by Crippen LogP contribution is 2.21. The van der Waals surface area contributed by atoms with Gasteiger partial charge < -0.3 is 10.2 Å². The van der Waals surface area contributed by atoms with Crippen LogP contribution in [0, 0.1) is 18.3 Å². The van der Waals surface area contributed by atoms with E-state index in [1.807, 2.05) is 12.1 Å². The molecule has 1 fully saturated rings. The first-order chi connectivity index (χ1) is 10.2. The summed E-state index contributed by atoms with van der Waals surface area (Å²) >= 11 is 0. The third kappa shape index (κ3) is 4.75. The van der Waals surface area contributed by atoms with Crippen molar-refractivity contribution in [3.05, 3.63) is 29.3 Å². The van der Waals surface area contributed by atoms with E-state index in [4.69, 9.17) is 5.26 Å². The van der Waals surface area contributed by atoms with Crippen molar-refractivity contribution in [1.82, 2.24) is 4.90 Å². The summed E-state index contributed by atoms with van der Waals surface area (Å²) in [6.07, 6.45) is 8.03. The molecule has 0 saturated heterocycles. The van der Waals surface area contributed by atoms with Crippen molar-refractivity contribution in [1.29, 1.82) is 5.26 Å². The lowest BCUT2D eigenvalue weighted by atomic mass is 9.94. The molecule has 0 aliphatic heterocycles. The average Bonchev–Trinajstić information content (AvgIpc) is 2.52. The fourth-order valence-electron chi connectivity index (χ4n) is 3.16. The van der Waals surface area contributed by atoms with Crippen LogP contribution in [0.1, 0.15) is 49.7 Å². The lowest BCUT2D eigenvalue weighted by molar-refractivity contribution is 0.191. The Morgan fingerprint density at radius 2 is 2.05 bits per heavy atom. The molecule has 114 valence electrons. The Morgan fingerprint density at radius 1 is 1.29 bits per heavy atom. The topological polar surface area (TPSA) is 39.1 Å². The minimum absolute atomic E-state index is 0.737. The molecule has 1 aromatic carbocycles. The van der Waals surface area contributed by atoms with Gasteiger partial charge in [0.1, 0.15) is 6.07 Å². The van der Waals surface area contributed by atoms with Gasteiger partial charge in [-0.25, -0.2) is 0 Å². The third-order valence-electron chi connectivity index (χ3n) is 4.50. The lowest BCUT2D eigenvalue weighted by Gasteiger charge is -2.31. The van der Waals surface area contributed by atoms with Gasteiger partial charge in [0.25, 0.3) is 0 Å². The molecule has 3 nitrogen and oxygen atoms in total. The molecule has 0 aromatic heterocycles. The largest absolute Gasteiger partial charge is 0.384 e. The lowest BCUT2D eigenvalue weighted by Crippen LogP contribution is -2.34. The number of nitrogens with one attached hydrogen (secondary N) is 1. The third-order valence-corrected chi connectivity index (χ3v) is 4.50. The number of rotatable bonds is 6. The second-order valence-electron chi connectivity index (χ2n) is 6.21. The summed E-state index contributed by atoms with van der Waals surface area (Å²) in [6, 6.07) is 8.98. The average molecular weight is 285 g/mol. The maximum absolute atomic E-state index is 9.13. The minimum atomic E-state index is 0.737. The summed E-state index contributed by atoms with van der Waals surface area (Å²) in [5.41, 5.74) is 2.90. The predicted octanol–water partition coefficient (Wildman–Crippen LogP) is 3.93. The van der Waals surface area contributed by atoms with Gasteiger partial charge in [-0.05, 0) is 57.5 Å². The Morgan fingerprint density at radius 3 is 2.76 bits per heavy atom. The molecule has 0 heterocycles.